The molecule has 0 aliphatic rings. The van der Waals surface area contributed by atoms with E-state index in [1.807, 2.05) is 0 Å². The summed E-state index contributed by atoms with van der Waals surface area (Å²) in [4.78, 5) is 72.5. The number of phenols is 32. The highest BCUT2D eigenvalue weighted by Gasteiger charge is 2.29. The first-order valence-corrected chi connectivity index (χ1v) is 31.6. The van der Waals surface area contributed by atoms with Gasteiger partial charge in [-0.05, 0) is 152 Å². The van der Waals surface area contributed by atoms with Crippen molar-refractivity contribution in [1.29, 1.82) is 0 Å². The maximum atomic E-state index is 12.1. The standard InChI is InChI=1S/3C13H10O7.2C13H10O6.C13H10O5/c14-7-3-1-5(10(17)12(7)19)9(16)6-2-4-8(15)13(20)11(6)18;14-7-2-1-5(12(19)13(7)20)11(18)6-3-9(16)10(17)4-8(6)15;14-7-2-1-5(3-8(7)15)10(17)6-4-9(16)12(19)13(20)11(6)18;14-8-3-1-6(5-10(8)16)11(17)7-2-4-9(15)13(19)12(7)18;14-8-3-1-2-6(11(8)17)10(16)7-4-5-9(15)13(19)12(7)18;14-9-5-4-7(6-11(9)16)12(17)8-2-1-3-10(15)13(8)18/h1-4,14-15,17-20H;1-4,14-17,19-20H;1-4,14-16,18-20H;1-5,14-16,18-19H;1-5,14-15,17-19H;1-6,14-16,18H. The van der Waals surface area contributed by atoms with Crippen LogP contribution in [0.25, 0.3) is 0 Å². The van der Waals surface area contributed by atoms with Crippen LogP contribution < -0.4 is 0 Å². The summed E-state index contributed by atoms with van der Waals surface area (Å²) < 4.78 is 0. The molecule has 0 aliphatic heterocycles. The van der Waals surface area contributed by atoms with E-state index in [1.54, 1.807) is 0 Å². The third kappa shape index (κ3) is 18.3. The normalized spacial score (nSPS) is 10.3. The number of rotatable bonds is 12. The van der Waals surface area contributed by atoms with Crippen LogP contribution in [0, 0.1) is 0 Å². The summed E-state index contributed by atoms with van der Waals surface area (Å²) in [7, 11) is 0. The van der Waals surface area contributed by atoms with Crippen LogP contribution in [-0.4, -0.2) is 198 Å². The second-order valence-electron chi connectivity index (χ2n) is 23.4. The van der Waals surface area contributed by atoms with Crippen molar-refractivity contribution in [2.45, 2.75) is 0 Å². The lowest BCUT2D eigenvalue weighted by Crippen LogP contribution is -2.02. The van der Waals surface area contributed by atoms with Gasteiger partial charge in [0.1, 0.15) is 5.75 Å². The zero-order chi connectivity index (χ0) is 86.7. The number of para-hydroxylation sites is 2. The molecule has 38 nitrogen and oxygen atoms in total. The van der Waals surface area contributed by atoms with Gasteiger partial charge in [-0.3, -0.25) is 28.8 Å². The molecule has 0 radical (unpaired) electrons. The van der Waals surface area contributed by atoms with Gasteiger partial charge in [0.05, 0.1) is 50.1 Å². The Bertz CT molecular complexity index is 5760. The zero-order valence-electron chi connectivity index (χ0n) is 57.9. The number of phenolic OH excluding ortho intramolecular Hbond substituents is 32. The molecular weight excluding hydrogens is 1540 g/mol. The van der Waals surface area contributed by atoms with E-state index in [4.69, 9.17) is 46.0 Å². The Kier molecular flexibility index (Phi) is 25.9. The Morgan fingerprint density at radius 3 is 0.638 bits per heavy atom. The van der Waals surface area contributed by atoms with Crippen molar-refractivity contribution in [1.82, 2.24) is 0 Å². The highest BCUT2D eigenvalue weighted by Crippen LogP contribution is 2.48. The fourth-order valence-electron chi connectivity index (χ4n) is 9.64. The Balaban J connectivity index is 0.000000193. The number of carbonyl (C=O) groups excluding carboxylic acids is 6. The SMILES string of the molecule is O=C(c1cc(O)c(O)cc1O)c1ccc(O)c(O)c1O.O=C(c1ccc(O)c(O)c1)c1cc(O)c(O)c(O)c1O.O=C(c1ccc(O)c(O)c1)c1ccc(O)c(O)c1O.O=C(c1ccc(O)c(O)c1)c1cccc(O)c1O.O=C(c1ccc(O)c(O)c1O)c1ccc(O)c(O)c1O.O=C(c1cccc(O)c1O)c1ccc(O)c(O)c1O. The lowest BCUT2D eigenvalue weighted by atomic mass is 10.0. The maximum Gasteiger partial charge on any atom is 0.205 e. The van der Waals surface area contributed by atoms with Crippen molar-refractivity contribution in [3.05, 3.63) is 237 Å². The van der Waals surface area contributed by atoms with E-state index in [0.29, 0.717) is 0 Å². The number of hydrogen-bond donors (Lipinski definition) is 32. The second-order valence-corrected chi connectivity index (χ2v) is 23.4. The minimum Gasteiger partial charge on any atom is -0.507 e. The zero-order valence-corrected chi connectivity index (χ0v) is 57.9. The van der Waals surface area contributed by atoms with Crippen LogP contribution in [0.3, 0.4) is 0 Å². The van der Waals surface area contributed by atoms with Crippen molar-refractivity contribution in [2.24, 2.45) is 0 Å². The third-order valence-electron chi connectivity index (χ3n) is 15.9. The average Bonchev–Trinajstić information content (AvgIpc) is 0.784. The number of aromatic hydroxyl groups is 32. The van der Waals surface area contributed by atoms with Crippen LogP contribution in [0.5, 0.6) is 184 Å². The summed E-state index contributed by atoms with van der Waals surface area (Å²) in [6.45, 7) is 0. The molecule has 0 unspecified atom stereocenters. The molecule has 12 rings (SSSR count). The van der Waals surface area contributed by atoms with Crippen molar-refractivity contribution in [3.63, 3.8) is 0 Å². The predicted molar refractivity (Wildman–Crippen MR) is 391 cm³/mol. The minimum absolute atomic E-state index is 0.00990. The van der Waals surface area contributed by atoms with Crippen molar-refractivity contribution in [3.8, 4) is 184 Å². The first-order chi connectivity index (χ1) is 54.3. The summed E-state index contributed by atoms with van der Waals surface area (Å²) in [6.07, 6.45) is 0. The monoisotopic (exact) mass is 1600 g/mol. The number of hydrogen-bond acceptors (Lipinski definition) is 38. The predicted octanol–water partition coefficient (Wildman–Crippen LogP) is 8.08. The molecule has 32 N–H and O–H groups in total. The molecule has 0 saturated heterocycles. The van der Waals surface area contributed by atoms with Gasteiger partial charge in [0.25, 0.3) is 0 Å². The fraction of sp³-hybridized carbons (Fsp3) is 0. The molecule has 0 aliphatic carbocycles. The van der Waals surface area contributed by atoms with Crippen LogP contribution in [0.15, 0.2) is 170 Å². The Morgan fingerprint density at radius 1 is 0.129 bits per heavy atom. The number of benzene rings is 12. The summed E-state index contributed by atoms with van der Waals surface area (Å²) in [5.74, 6) is -26.2. The van der Waals surface area contributed by atoms with Gasteiger partial charge in [0, 0.05) is 22.8 Å². The van der Waals surface area contributed by atoms with E-state index < -0.39 is 213 Å². The molecule has 0 fully saturated rings. The fourth-order valence-corrected chi connectivity index (χ4v) is 9.64. The molecule has 116 heavy (non-hydrogen) atoms. The van der Waals surface area contributed by atoms with Crippen LogP contribution in [0.4, 0.5) is 0 Å². The van der Waals surface area contributed by atoms with Gasteiger partial charge in [-0.15, -0.1) is 0 Å². The van der Waals surface area contributed by atoms with E-state index in [9.17, 15) is 146 Å². The summed E-state index contributed by atoms with van der Waals surface area (Å²) in [5.41, 5.74) is -2.88. The summed E-state index contributed by atoms with van der Waals surface area (Å²) >= 11 is 0. The van der Waals surface area contributed by atoms with Gasteiger partial charge in [-0.2, -0.15) is 0 Å². The van der Waals surface area contributed by atoms with Crippen LogP contribution in [0.2, 0.25) is 0 Å². The lowest BCUT2D eigenvalue weighted by molar-refractivity contribution is 0.102. The maximum absolute atomic E-state index is 12.1. The van der Waals surface area contributed by atoms with Gasteiger partial charge >= 0.3 is 0 Å². The minimum atomic E-state index is -1.03. The van der Waals surface area contributed by atoms with Crippen molar-refractivity contribution >= 4 is 34.7 Å². The first kappa shape index (κ1) is 85.5. The molecule has 0 heterocycles. The summed E-state index contributed by atoms with van der Waals surface area (Å²) in [5, 5.41) is 299. The molecule has 0 saturated carbocycles. The largest absolute Gasteiger partial charge is 0.507 e. The molecular formula is C78H60O38. The molecule has 0 spiro atoms. The lowest BCUT2D eigenvalue weighted by Gasteiger charge is -2.09. The van der Waals surface area contributed by atoms with E-state index >= 15 is 0 Å². The van der Waals surface area contributed by atoms with E-state index in [1.165, 1.54) is 60.7 Å². The van der Waals surface area contributed by atoms with Gasteiger partial charge in [0.2, 0.25) is 57.6 Å². The van der Waals surface area contributed by atoms with Crippen LogP contribution >= 0.6 is 0 Å². The highest BCUT2D eigenvalue weighted by molar-refractivity contribution is 6.16. The number of carbonyl (C=O) groups is 6. The van der Waals surface area contributed by atoms with Crippen LogP contribution in [-0.2, 0) is 0 Å². The van der Waals surface area contributed by atoms with Crippen molar-refractivity contribution in [2.75, 3.05) is 0 Å². The van der Waals surface area contributed by atoms with Gasteiger partial charge < -0.3 is 163 Å². The Morgan fingerprint density at radius 2 is 0.336 bits per heavy atom. The van der Waals surface area contributed by atoms with E-state index in [2.05, 4.69) is 0 Å². The van der Waals surface area contributed by atoms with E-state index in [0.717, 1.165) is 109 Å². The Labute approximate surface area is 645 Å². The highest BCUT2D eigenvalue weighted by atomic mass is 16.4. The first-order valence-electron chi connectivity index (χ1n) is 31.6. The molecule has 0 bridgehead atoms. The van der Waals surface area contributed by atoms with Gasteiger partial charge in [-0.25, -0.2) is 0 Å². The molecule has 0 aromatic heterocycles. The second kappa shape index (κ2) is 35.1. The summed E-state index contributed by atoms with van der Waals surface area (Å²) in [6, 6.07) is 30.7. The average molecular weight is 1610 g/mol. The molecule has 38 heteroatoms. The molecule has 600 valence electrons. The Hall–Kier alpha value is -17.7. The smallest absolute Gasteiger partial charge is 0.205 e. The van der Waals surface area contributed by atoms with Gasteiger partial charge in [-0.1, -0.05) is 12.1 Å². The molecule has 0 amide bonds. The van der Waals surface area contributed by atoms with Crippen LogP contribution in [0.1, 0.15) is 95.5 Å². The van der Waals surface area contributed by atoms with Crippen molar-refractivity contribution < 1.29 is 192 Å². The number of ketones is 6. The molecule has 12 aromatic carbocycles. The molecule has 0 atom stereocenters. The van der Waals surface area contributed by atoms with E-state index in [-0.39, 0.29) is 72.7 Å². The topological polar surface area (TPSA) is 750 Å². The third-order valence-corrected chi connectivity index (χ3v) is 15.9. The molecule has 12 aromatic rings. The van der Waals surface area contributed by atoms with Gasteiger partial charge in [0.15, 0.2) is 155 Å². The quantitative estimate of drug-likeness (QED) is 0.0312.